The molecule has 3 nitrogen and oxygen atoms in total. The van der Waals surface area contributed by atoms with Gasteiger partial charge in [0.1, 0.15) is 0 Å². The number of hydrogen-bond donors (Lipinski definition) is 1. The molecule has 0 fully saturated rings. The van der Waals surface area contributed by atoms with Crippen molar-refractivity contribution in [3.8, 4) is 0 Å². The number of fused-ring (bicyclic) bond motifs is 1. The molecule has 4 heteroatoms. The highest BCUT2D eigenvalue weighted by Crippen LogP contribution is 2.24. The van der Waals surface area contributed by atoms with Crippen molar-refractivity contribution in [3.63, 3.8) is 0 Å². The summed E-state index contributed by atoms with van der Waals surface area (Å²) in [5, 5.41) is 3.36. The molecule has 1 aliphatic rings. The van der Waals surface area contributed by atoms with Crippen molar-refractivity contribution in [2.24, 2.45) is 0 Å². The molecule has 0 bridgehead atoms. The Kier molecular flexibility index (Phi) is 2.37. The average molecular weight is 254 g/mol. The molecule has 0 saturated carbocycles. The monoisotopic (exact) mass is 253 g/mol. The minimum atomic E-state index is -0.531. The van der Waals surface area contributed by atoms with Crippen LogP contribution in [0.2, 0.25) is 0 Å². The van der Waals surface area contributed by atoms with E-state index in [4.69, 9.17) is 0 Å². The Morgan fingerprint density at radius 1 is 1.29 bits per heavy atom. The Hall–Kier alpha value is -1.16. The van der Waals surface area contributed by atoms with Crippen LogP contribution in [0.3, 0.4) is 0 Å². The van der Waals surface area contributed by atoms with Crippen molar-refractivity contribution in [2.45, 2.75) is 6.42 Å². The molecule has 1 amide bonds. The van der Waals surface area contributed by atoms with E-state index >= 15 is 0 Å². The maximum atomic E-state index is 11.3. The van der Waals surface area contributed by atoms with Gasteiger partial charge in [0.15, 0.2) is 0 Å². The number of nitrogens with one attached hydrogen (secondary N) is 1. The summed E-state index contributed by atoms with van der Waals surface area (Å²) in [6, 6.07) is 5.46. The van der Waals surface area contributed by atoms with Crippen LogP contribution < -0.4 is 5.32 Å². The van der Waals surface area contributed by atoms with E-state index in [2.05, 4.69) is 21.2 Å². The zero-order valence-electron chi connectivity index (χ0n) is 7.34. The first-order chi connectivity index (χ1) is 6.72. The first-order valence-corrected chi connectivity index (χ1v) is 5.39. The van der Waals surface area contributed by atoms with E-state index < -0.39 is 11.7 Å². The Balaban J connectivity index is 2.41. The molecule has 72 valence electrons. The fourth-order valence-corrected chi connectivity index (χ4v) is 1.91. The lowest BCUT2D eigenvalue weighted by atomic mass is 10.1. The smallest absolute Gasteiger partial charge is 0.296 e. The molecule has 1 aliphatic heterocycles. The van der Waals surface area contributed by atoms with Gasteiger partial charge in [0, 0.05) is 5.33 Å². The minimum absolute atomic E-state index is 0.434. The van der Waals surface area contributed by atoms with E-state index in [1.165, 1.54) is 0 Å². The minimum Gasteiger partial charge on any atom is -0.318 e. The summed E-state index contributed by atoms with van der Waals surface area (Å²) in [4.78, 5) is 22.4. The molecular weight excluding hydrogens is 246 g/mol. The highest BCUT2D eigenvalue weighted by molar-refractivity contribution is 9.09. The molecule has 1 N–H and O–H groups in total. The van der Waals surface area contributed by atoms with Crippen molar-refractivity contribution in [3.05, 3.63) is 29.3 Å². The molecule has 0 spiro atoms. The Morgan fingerprint density at radius 2 is 2.07 bits per heavy atom. The fourth-order valence-electron chi connectivity index (χ4n) is 1.45. The highest BCUT2D eigenvalue weighted by Gasteiger charge is 2.27. The molecule has 0 unspecified atom stereocenters. The lowest BCUT2D eigenvalue weighted by molar-refractivity contribution is -0.112. The van der Waals surface area contributed by atoms with Crippen molar-refractivity contribution >= 4 is 33.3 Å². The van der Waals surface area contributed by atoms with Crippen LogP contribution in [0.15, 0.2) is 18.2 Å². The van der Waals surface area contributed by atoms with Crippen LogP contribution in [0.25, 0.3) is 0 Å². The van der Waals surface area contributed by atoms with Gasteiger partial charge in [-0.15, -0.1) is 0 Å². The number of aryl methyl sites for hydroxylation is 1. The van der Waals surface area contributed by atoms with E-state index in [9.17, 15) is 9.59 Å². The number of benzene rings is 1. The van der Waals surface area contributed by atoms with Crippen molar-refractivity contribution in [1.82, 2.24) is 0 Å². The second kappa shape index (κ2) is 3.53. The number of hydrogen-bond acceptors (Lipinski definition) is 2. The van der Waals surface area contributed by atoms with Gasteiger partial charge in [-0.2, -0.15) is 0 Å². The molecule has 1 heterocycles. The van der Waals surface area contributed by atoms with Gasteiger partial charge in [-0.1, -0.05) is 22.0 Å². The third-order valence-corrected chi connectivity index (χ3v) is 2.56. The van der Waals surface area contributed by atoms with Gasteiger partial charge in [-0.25, -0.2) is 0 Å². The lowest BCUT2D eigenvalue weighted by Crippen LogP contribution is -2.12. The second-order valence-electron chi connectivity index (χ2n) is 3.10. The zero-order valence-corrected chi connectivity index (χ0v) is 8.93. The number of anilines is 1. The number of Topliss-reactive ketones (excluding diaryl/α,β-unsaturated/α-hetero) is 1. The number of alkyl halides is 1. The maximum absolute atomic E-state index is 11.3. The first-order valence-electron chi connectivity index (χ1n) is 4.27. The van der Waals surface area contributed by atoms with Crippen LogP contribution in [-0.2, 0) is 11.2 Å². The van der Waals surface area contributed by atoms with Crippen LogP contribution in [0, 0.1) is 0 Å². The quantitative estimate of drug-likeness (QED) is 0.645. The standard InChI is InChI=1S/C10H8BrNO2/c11-4-3-6-1-2-8-7(5-6)9(13)10(14)12-8/h1-2,5H,3-4H2,(H,12,13,14). The molecular formula is C10H8BrNO2. The van der Waals surface area contributed by atoms with Crippen LogP contribution in [0.1, 0.15) is 15.9 Å². The normalized spacial score (nSPS) is 14.1. The summed E-state index contributed by atoms with van der Waals surface area (Å²) in [5.74, 6) is -0.965. The number of rotatable bonds is 2. The van der Waals surface area contributed by atoms with Gasteiger partial charge in [-0.3, -0.25) is 9.59 Å². The number of amides is 1. The molecule has 0 saturated heterocycles. The van der Waals surface area contributed by atoms with Gasteiger partial charge in [-0.05, 0) is 24.1 Å². The topological polar surface area (TPSA) is 46.2 Å². The van der Waals surface area contributed by atoms with Gasteiger partial charge >= 0.3 is 0 Å². The second-order valence-corrected chi connectivity index (χ2v) is 3.90. The summed E-state index contributed by atoms with van der Waals surface area (Å²) in [7, 11) is 0. The molecule has 1 aromatic carbocycles. The Morgan fingerprint density at radius 3 is 2.79 bits per heavy atom. The summed E-state index contributed by atoms with van der Waals surface area (Å²) < 4.78 is 0. The first kappa shape index (κ1) is 9.40. The largest absolute Gasteiger partial charge is 0.318 e. The SMILES string of the molecule is O=C1Nc2ccc(CCBr)cc2C1=O. The zero-order chi connectivity index (χ0) is 10.1. The van der Waals surface area contributed by atoms with E-state index in [1.807, 2.05) is 6.07 Å². The number of carbonyl (C=O) groups is 2. The van der Waals surface area contributed by atoms with Gasteiger partial charge in [0.05, 0.1) is 11.3 Å². The number of halogens is 1. The molecule has 2 rings (SSSR count). The van der Waals surface area contributed by atoms with Gasteiger partial charge in [0.25, 0.3) is 11.7 Å². The predicted molar refractivity (Wildman–Crippen MR) is 56.9 cm³/mol. The molecule has 0 aliphatic carbocycles. The summed E-state index contributed by atoms with van der Waals surface area (Å²) in [6.45, 7) is 0. The van der Waals surface area contributed by atoms with Crippen molar-refractivity contribution in [2.75, 3.05) is 10.6 Å². The van der Waals surface area contributed by atoms with Gasteiger partial charge < -0.3 is 5.32 Å². The summed E-state index contributed by atoms with van der Waals surface area (Å²) in [5.41, 5.74) is 2.18. The van der Waals surface area contributed by atoms with Crippen LogP contribution in [0.4, 0.5) is 5.69 Å². The molecule has 0 radical (unpaired) electrons. The molecule has 0 atom stereocenters. The van der Waals surface area contributed by atoms with Crippen LogP contribution in [-0.4, -0.2) is 17.0 Å². The van der Waals surface area contributed by atoms with Crippen LogP contribution in [0.5, 0.6) is 0 Å². The lowest BCUT2D eigenvalue weighted by Gasteiger charge is -2.00. The molecule has 14 heavy (non-hydrogen) atoms. The van der Waals surface area contributed by atoms with Crippen LogP contribution >= 0.6 is 15.9 Å². The van der Waals surface area contributed by atoms with Crippen molar-refractivity contribution in [1.29, 1.82) is 0 Å². The Bertz CT molecular complexity index is 415. The Labute approximate surface area is 89.6 Å². The fraction of sp³-hybridized carbons (Fsp3) is 0.200. The summed E-state index contributed by atoms with van der Waals surface area (Å²) >= 11 is 3.33. The van der Waals surface area contributed by atoms with E-state index in [0.717, 1.165) is 17.3 Å². The molecule has 1 aromatic rings. The molecule has 0 aromatic heterocycles. The third-order valence-electron chi connectivity index (χ3n) is 2.17. The van der Waals surface area contributed by atoms with Crippen molar-refractivity contribution < 1.29 is 9.59 Å². The third kappa shape index (κ3) is 1.46. The average Bonchev–Trinajstić information content (AvgIpc) is 2.45. The van der Waals surface area contributed by atoms with Gasteiger partial charge in [0.2, 0.25) is 0 Å². The van der Waals surface area contributed by atoms with E-state index in [-0.39, 0.29) is 0 Å². The maximum Gasteiger partial charge on any atom is 0.296 e. The number of ketones is 1. The van der Waals surface area contributed by atoms with E-state index in [0.29, 0.717) is 11.3 Å². The van der Waals surface area contributed by atoms with E-state index in [1.54, 1.807) is 12.1 Å². The summed E-state index contributed by atoms with van der Waals surface area (Å²) in [6.07, 6.45) is 0.856. The number of carbonyl (C=O) groups excluding carboxylic acids is 2. The predicted octanol–water partition coefficient (Wildman–Crippen LogP) is 1.76. The highest BCUT2D eigenvalue weighted by atomic mass is 79.9.